The van der Waals surface area contributed by atoms with Crippen molar-refractivity contribution in [1.29, 1.82) is 0 Å². The van der Waals surface area contributed by atoms with Crippen molar-refractivity contribution in [2.24, 2.45) is 0 Å². The van der Waals surface area contributed by atoms with Crippen LogP contribution >= 0.6 is 0 Å². The van der Waals surface area contributed by atoms with Gasteiger partial charge in [-0.1, -0.05) is 0 Å². The number of rotatable bonds is 2. The third-order valence-electron chi connectivity index (χ3n) is 3.37. The molecule has 2 rings (SSSR count). The van der Waals surface area contributed by atoms with Gasteiger partial charge in [0.15, 0.2) is 0 Å². The van der Waals surface area contributed by atoms with Crippen LogP contribution in [0.4, 0.5) is 0 Å². The number of likely N-dealkylation sites (tertiary alicyclic amines) is 1. The van der Waals surface area contributed by atoms with E-state index >= 15 is 0 Å². The molecule has 2 saturated heterocycles. The van der Waals surface area contributed by atoms with Crippen LogP contribution in [0.3, 0.4) is 0 Å². The molecule has 5 heteroatoms. The van der Waals surface area contributed by atoms with Crippen molar-refractivity contribution in [3.8, 4) is 0 Å². The highest BCUT2D eigenvalue weighted by molar-refractivity contribution is 5.78. The summed E-state index contributed by atoms with van der Waals surface area (Å²) in [6, 6.07) is 0. The quantitative estimate of drug-likeness (QED) is 0.627. The van der Waals surface area contributed by atoms with E-state index in [0.717, 1.165) is 26.2 Å². The molecule has 1 atom stereocenters. The summed E-state index contributed by atoms with van der Waals surface area (Å²) in [6.07, 6.45) is 0.695. The Morgan fingerprint density at radius 1 is 1.38 bits per heavy atom. The molecule has 2 fully saturated rings. The Hall–Kier alpha value is -0.650. The largest absolute Gasteiger partial charge is 0.388 e. The van der Waals surface area contributed by atoms with Gasteiger partial charge in [0, 0.05) is 39.3 Å². The fourth-order valence-corrected chi connectivity index (χ4v) is 2.32. The van der Waals surface area contributed by atoms with E-state index in [2.05, 4.69) is 10.2 Å². The third kappa shape index (κ3) is 2.93. The lowest BCUT2D eigenvalue weighted by Gasteiger charge is -2.28. The first kappa shape index (κ1) is 11.8. The minimum absolute atomic E-state index is 0.152. The molecule has 1 amide bonds. The highest BCUT2D eigenvalue weighted by atomic mass is 16.3. The molecule has 2 N–H and O–H groups in total. The van der Waals surface area contributed by atoms with Crippen LogP contribution in [0.2, 0.25) is 0 Å². The number of nitrogens with zero attached hydrogens (tertiary/aromatic N) is 2. The minimum Gasteiger partial charge on any atom is -0.388 e. The van der Waals surface area contributed by atoms with Gasteiger partial charge in [-0.05, 0) is 13.3 Å². The van der Waals surface area contributed by atoms with Gasteiger partial charge in [0.25, 0.3) is 0 Å². The minimum atomic E-state index is -0.681. The van der Waals surface area contributed by atoms with Crippen LogP contribution < -0.4 is 5.32 Å². The predicted molar refractivity (Wildman–Crippen MR) is 61.1 cm³/mol. The van der Waals surface area contributed by atoms with E-state index in [1.807, 2.05) is 0 Å². The van der Waals surface area contributed by atoms with E-state index in [4.69, 9.17) is 0 Å². The SMILES string of the molecule is CC1(O)CCN(C(=O)CN2CCNCC2)C1. The second-order valence-electron chi connectivity index (χ2n) is 5.09. The van der Waals surface area contributed by atoms with E-state index in [9.17, 15) is 9.90 Å². The van der Waals surface area contributed by atoms with Crippen molar-refractivity contribution in [3.05, 3.63) is 0 Å². The number of carbonyl (C=O) groups excluding carboxylic acids is 1. The zero-order valence-electron chi connectivity index (χ0n) is 9.91. The molecule has 0 aromatic carbocycles. The van der Waals surface area contributed by atoms with Gasteiger partial charge < -0.3 is 15.3 Å². The molecule has 16 heavy (non-hydrogen) atoms. The maximum atomic E-state index is 12.0. The van der Waals surface area contributed by atoms with Crippen LogP contribution in [0.15, 0.2) is 0 Å². The van der Waals surface area contributed by atoms with Gasteiger partial charge >= 0.3 is 0 Å². The lowest BCUT2D eigenvalue weighted by Crippen LogP contribution is -2.48. The molecule has 0 aliphatic carbocycles. The van der Waals surface area contributed by atoms with Gasteiger partial charge in [0.05, 0.1) is 12.1 Å². The predicted octanol–water partition coefficient (Wildman–Crippen LogP) is -1.13. The van der Waals surface area contributed by atoms with E-state index < -0.39 is 5.60 Å². The Kier molecular flexibility index (Phi) is 3.47. The molecular weight excluding hydrogens is 206 g/mol. The average Bonchev–Trinajstić information content (AvgIpc) is 2.60. The van der Waals surface area contributed by atoms with Crippen LogP contribution in [-0.2, 0) is 4.79 Å². The number of amides is 1. The lowest BCUT2D eigenvalue weighted by molar-refractivity contribution is -0.132. The van der Waals surface area contributed by atoms with Crippen molar-refractivity contribution in [2.75, 3.05) is 45.8 Å². The summed E-state index contributed by atoms with van der Waals surface area (Å²) in [5.41, 5.74) is -0.681. The molecule has 1 unspecified atom stereocenters. The Labute approximate surface area is 96.4 Å². The molecule has 0 saturated carbocycles. The topological polar surface area (TPSA) is 55.8 Å². The van der Waals surface area contributed by atoms with E-state index in [0.29, 0.717) is 26.1 Å². The van der Waals surface area contributed by atoms with Crippen molar-refractivity contribution in [3.63, 3.8) is 0 Å². The summed E-state index contributed by atoms with van der Waals surface area (Å²) in [7, 11) is 0. The molecule has 0 aromatic rings. The number of piperazine rings is 1. The number of carbonyl (C=O) groups is 1. The Balaban J connectivity index is 1.79. The number of β-amino-alcohol motifs (C(OH)–C–C–N with tert-alkyl or cyclic N) is 1. The standard InChI is InChI=1S/C11H21N3O2/c1-11(16)2-5-14(9-11)10(15)8-13-6-3-12-4-7-13/h12,16H,2-9H2,1H3. The maximum Gasteiger partial charge on any atom is 0.236 e. The van der Waals surface area contributed by atoms with Crippen molar-refractivity contribution in [2.45, 2.75) is 18.9 Å². The first-order chi connectivity index (χ1) is 7.57. The van der Waals surface area contributed by atoms with Crippen molar-refractivity contribution < 1.29 is 9.90 Å². The molecule has 0 bridgehead atoms. The first-order valence-electron chi connectivity index (χ1n) is 6.00. The summed E-state index contributed by atoms with van der Waals surface area (Å²) in [5.74, 6) is 0.152. The fourth-order valence-electron chi connectivity index (χ4n) is 2.32. The lowest BCUT2D eigenvalue weighted by atomic mass is 10.1. The van der Waals surface area contributed by atoms with Crippen molar-refractivity contribution in [1.82, 2.24) is 15.1 Å². The monoisotopic (exact) mass is 227 g/mol. The smallest absolute Gasteiger partial charge is 0.236 e. The van der Waals surface area contributed by atoms with Crippen LogP contribution in [0.5, 0.6) is 0 Å². The zero-order chi connectivity index (χ0) is 11.6. The van der Waals surface area contributed by atoms with Crippen LogP contribution in [0.1, 0.15) is 13.3 Å². The van der Waals surface area contributed by atoms with Crippen LogP contribution in [0, 0.1) is 0 Å². The molecular formula is C11H21N3O2. The number of hydrogen-bond donors (Lipinski definition) is 2. The van der Waals surface area contributed by atoms with Gasteiger partial charge in [-0.2, -0.15) is 0 Å². The number of aliphatic hydroxyl groups is 1. The van der Waals surface area contributed by atoms with E-state index in [1.54, 1.807) is 11.8 Å². The average molecular weight is 227 g/mol. The summed E-state index contributed by atoms with van der Waals surface area (Å²) in [5, 5.41) is 13.1. The van der Waals surface area contributed by atoms with Gasteiger partial charge in [0.1, 0.15) is 0 Å². The van der Waals surface area contributed by atoms with Gasteiger partial charge in [-0.25, -0.2) is 0 Å². The van der Waals surface area contributed by atoms with Crippen LogP contribution in [-0.4, -0.2) is 72.2 Å². The normalized spacial score (nSPS) is 32.0. The molecule has 0 radical (unpaired) electrons. The molecule has 2 heterocycles. The van der Waals surface area contributed by atoms with Gasteiger partial charge in [-0.3, -0.25) is 9.69 Å². The Morgan fingerprint density at radius 3 is 2.62 bits per heavy atom. The Bertz CT molecular complexity index is 262. The molecule has 92 valence electrons. The highest BCUT2D eigenvalue weighted by Gasteiger charge is 2.34. The maximum absolute atomic E-state index is 12.0. The van der Waals surface area contributed by atoms with Crippen LogP contribution in [0.25, 0.3) is 0 Å². The zero-order valence-corrected chi connectivity index (χ0v) is 9.91. The summed E-state index contributed by atoms with van der Waals surface area (Å²) < 4.78 is 0. The summed E-state index contributed by atoms with van der Waals surface area (Å²) in [4.78, 5) is 15.9. The Morgan fingerprint density at radius 2 is 2.06 bits per heavy atom. The number of nitrogens with one attached hydrogen (secondary N) is 1. The first-order valence-corrected chi connectivity index (χ1v) is 6.00. The molecule has 2 aliphatic heterocycles. The number of hydrogen-bond acceptors (Lipinski definition) is 4. The van der Waals surface area contributed by atoms with E-state index in [-0.39, 0.29) is 5.91 Å². The van der Waals surface area contributed by atoms with Gasteiger partial charge in [-0.15, -0.1) is 0 Å². The van der Waals surface area contributed by atoms with Gasteiger partial charge in [0.2, 0.25) is 5.91 Å². The fraction of sp³-hybridized carbons (Fsp3) is 0.909. The second-order valence-corrected chi connectivity index (χ2v) is 5.09. The molecule has 2 aliphatic rings. The highest BCUT2D eigenvalue weighted by Crippen LogP contribution is 2.20. The summed E-state index contributed by atoms with van der Waals surface area (Å²) in [6.45, 7) is 7.28. The summed E-state index contributed by atoms with van der Waals surface area (Å²) >= 11 is 0. The van der Waals surface area contributed by atoms with Crippen molar-refractivity contribution >= 4 is 5.91 Å². The molecule has 5 nitrogen and oxygen atoms in total. The van der Waals surface area contributed by atoms with E-state index in [1.165, 1.54) is 0 Å². The molecule has 0 spiro atoms. The molecule has 0 aromatic heterocycles. The second kappa shape index (κ2) is 4.69. The third-order valence-corrected chi connectivity index (χ3v) is 3.37.